The molecule has 0 bridgehead atoms. The van der Waals surface area contributed by atoms with Crippen molar-refractivity contribution in [3.05, 3.63) is 33.4 Å². The number of rotatable bonds is 4. The zero-order valence-corrected chi connectivity index (χ0v) is 13.0. The number of hydrogen-bond acceptors (Lipinski definition) is 1. The molecule has 1 rings (SSSR count). The van der Waals surface area contributed by atoms with E-state index in [0.717, 1.165) is 9.13 Å². The Morgan fingerprint density at radius 3 is 1.94 bits per heavy atom. The summed E-state index contributed by atoms with van der Waals surface area (Å²) in [4.78, 5) is 12.1. The maximum absolute atomic E-state index is 12.1. The Kier molecular flexibility index (Phi) is 5.43. The van der Waals surface area contributed by atoms with Gasteiger partial charge in [0.1, 0.15) is 0 Å². The third-order valence-corrected chi connectivity index (χ3v) is 3.56. The van der Waals surface area contributed by atoms with E-state index in [4.69, 9.17) is 0 Å². The van der Waals surface area contributed by atoms with Gasteiger partial charge in [0.25, 0.3) is 5.91 Å². The highest BCUT2D eigenvalue weighted by molar-refractivity contribution is 14.1. The van der Waals surface area contributed by atoms with E-state index >= 15 is 0 Å². The first kappa shape index (κ1) is 14.5. The molecule has 0 saturated carbocycles. The van der Waals surface area contributed by atoms with Crippen LogP contribution in [0.2, 0.25) is 0 Å². The lowest BCUT2D eigenvalue weighted by atomic mass is 9.93. The van der Waals surface area contributed by atoms with Gasteiger partial charge in [-0.25, -0.2) is 0 Å². The summed E-state index contributed by atoms with van der Waals surface area (Å²) in [5.74, 6) is 0.916. The van der Waals surface area contributed by atoms with Crippen molar-refractivity contribution in [1.82, 2.24) is 5.32 Å². The SMILES string of the molecule is CC(C)C(NC(=O)c1ccc(I)cc1)C(C)C. The molecule has 1 aromatic rings. The van der Waals surface area contributed by atoms with Crippen LogP contribution in [0.15, 0.2) is 24.3 Å². The molecule has 0 unspecified atom stereocenters. The molecule has 3 heteroatoms. The molecule has 0 aliphatic carbocycles. The molecule has 1 aromatic carbocycles. The van der Waals surface area contributed by atoms with E-state index in [2.05, 4.69) is 55.6 Å². The summed E-state index contributed by atoms with van der Waals surface area (Å²) in [7, 11) is 0. The molecule has 0 saturated heterocycles. The Morgan fingerprint density at radius 2 is 1.53 bits per heavy atom. The average Bonchev–Trinajstić information content (AvgIpc) is 2.25. The average molecular weight is 345 g/mol. The van der Waals surface area contributed by atoms with Gasteiger partial charge in [0.2, 0.25) is 0 Å². The van der Waals surface area contributed by atoms with Gasteiger partial charge < -0.3 is 5.32 Å². The molecular formula is C14H20INO. The van der Waals surface area contributed by atoms with Crippen molar-refractivity contribution >= 4 is 28.5 Å². The molecule has 0 atom stereocenters. The second kappa shape index (κ2) is 6.38. The maximum atomic E-state index is 12.1. The number of halogens is 1. The van der Waals surface area contributed by atoms with Crippen LogP contribution < -0.4 is 5.32 Å². The summed E-state index contributed by atoms with van der Waals surface area (Å²) in [6.07, 6.45) is 0. The van der Waals surface area contributed by atoms with Crippen molar-refractivity contribution < 1.29 is 4.79 Å². The number of benzene rings is 1. The molecule has 0 fully saturated rings. The monoisotopic (exact) mass is 345 g/mol. The van der Waals surface area contributed by atoms with Crippen LogP contribution in [0.25, 0.3) is 0 Å². The lowest BCUT2D eigenvalue weighted by Crippen LogP contribution is -2.42. The van der Waals surface area contributed by atoms with E-state index in [9.17, 15) is 4.79 Å². The van der Waals surface area contributed by atoms with Crippen LogP contribution in [-0.2, 0) is 0 Å². The van der Waals surface area contributed by atoms with Crippen LogP contribution in [-0.4, -0.2) is 11.9 Å². The van der Waals surface area contributed by atoms with Crippen molar-refractivity contribution in [2.24, 2.45) is 11.8 Å². The number of carbonyl (C=O) groups is 1. The van der Waals surface area contributed by atoms with Gasteiger partial charge >= 0.3 is 0 Å². The van der Waals surface area contributed by atoms with Crippen LogP contribution >= 0.6 is 22.6 Å². The van der Waals surface area contributed by atoms with Gasteiger partial charge in [-0.15, -0.1) is 0 Å². The Morgan fingerprint density at radius 1 is 1.06 bits per heavy atom. The fourth-order valence-corrected chi connectivity index (χ4v) is 2.30. The first-order valence-electron chi connectivity index (χ1n) is 5.98. The van der Waals surface area contributed by atoms with Crippen LogP contribution in [0.3, 0.4) is 0 Å². The maximum Gasteiger partial charge on any atom is 0.251 e. The largest absolute Gasteiger partial charge is 0.349 e. The Bertz CT molecular complexity index is 362. The molecule has 94 valence electrons. The van der Waals surface area contributed by atoms with E-state index < -0.39 is 0 Å². The summed E-state index contributed by atoms with van der Waals surface area (Å²) < 4.78 is 1.14. The van der Waals surface area contributed by atoms with Gasteiger partial charge in [-0.2, -0.15) is 0 Å². The van der Waals surface area contributed by atoms with Crippen LogP contribution in [0.4, 0.5) is 0 Å². The fourth-order valence-electron chi connectivity index (χ4n) is 1.94. The highest BCUT2D eigenvalue weighted by atomic mass is 127. The Labute approximate surface area is 117 Å². The summed E-state index contributed by atoms with van der Waals surface area (Å²) in [6, 6.07) is 7.87. The summed E-state index contributed by atoms with van der Waals surface area (Å²) in [5.41, 5.74) is 0.733. The molecule has 0 aromatic heterocycles. The third-order valence-electron chi connectivity index (χ3n) is 2.84. The normalized spacial score (nSPS) is 11.3. The Balaban J connectivity index is 2.74. The smallest absolute Gasteiger partial charge is 0.251 e. The zero-order valence-electron chi connectivity index (χ0n) is 10.8. The Hall–Kier alpha value is -0.580. The number of nitrogens with one attached hydrogen (secondary N) is 1. The molecule has 1 amide bonds. The standard InChI is InChI=1S/C14H20INO/c1-9(2)13(10(3)4)16-14(17)11-5-7-12(15)8-6-11/h5-10,13H,1-4H3,(H,16,17). The fraction of sp³-hybridized carbons (Fsp3) is 0.500. The van der Waals surface area contributed by atoms with Gasteiger partial charge in [-0.1, -0.05) is 27.7 Å². The molecular weight excluding hydrogens is 325 g/mol. The van der Waals surface area contributed by atoms with Crippen LogP contribution in [0.1, 0.15) is 38.1 Å². The summed E-state index contributed by atoms with van der Waals surface area (Å²) >= 11 is 2.23. The number of hydrogen-bond donors (Lipinski definition) is 1. The van der Waals surface area contributed by atoms with Crippen LogP contribution in [0, 0.1) is 15.4 Å². The molecule has 0 aliphatic rings. The van der Waals surface area contributed by atoms with E-state index in [1.807, 2.05) is 24.3 Å². The molecule has 17 heavy (non-hydrogen) atoms. The van der Waals surface area contributed by atoms with Gasteiger partial charge in [0.05, 0.1) is 0 Å². The minimum absolute atomic E-state index is 0.0220. The van der Waals surface area contributed by atoms with Gasteiger partial charge in [0.15, 0.2) is 0 Å². The molecule has 0 aliphatic heterocycles. The zero-order chi connectivity index (χ0) is 13.0. The summed E-state index contributed by atoms with van der Waals surface area (Å²) in [5, 5.41) is 3.11. The molecule has 0 spiro atoms. The first-order chi connectivity index (χ1) is 7.91. The van der Waals surface area contributed by atoms with E-state index in [0.29, 0.717) is 11.8 Å². The second-order valence-corrected chi connectivity index (χ2v) is 6.24. The quantitative estimate of drug-likeness (QED) is 0.829. The highest BCUT2D eigenvalue weighted by Crippen LogP contribution is 2.13. The van der Waals surface area contributed by atoms with Crippen molar-refractivity contribution in [2.45, 2.75) is 33.7 Å². The first-order valence-corrected chi connectivity index (χ1v) is 7.06. The predicted molar refractivity (Wildman–Crippen MR) is 80.1 cm³/mol. The lowest BCUT2D eigenvalue weighted by Gasteiger charge is -2.26. The van der Waals surface area contributed by atoms with Crippen molar-refractivity contribution in [3.63, 3.8) is 0 Å². The minimum Gasteiger partial charge on any atom is -0.349 e. The van der Waals surface area contributed by atoms with E-state index in [-0.39, 0.29) is 11.9 Å². The molecule has 0 radical (unpaired) electrons. The second-order valence-electron chi connectivity index (χ2n) is 4.99. The van der Waals surface area contributed by atoms with Crippen LogP contribution in [0.5, 0.6) is 0 Å². The third kappa shape index (κ3) is 4.30. The number of amides is 1. The van der Waals surface area contributed by atoms with E-state index in [1.54, 1.807) is 0 Å². The van der Waals surface area contributed by atoms with Gasteiger partial charge in [-0.05, 0) is 58.7 Å². The van der Waals surface area contributed by atoms with Crippen molar-refractivity contribution in [1.29, 1.82) is 0 Å². The molecule has 1 N–H and O–H groups in total. The van der Waals surface area contributed by atoms with Crippen molar-refractivity contribution in [3.8, 4) is 0 Å². The van der Waals surface area contributed by atoms with Gasteiger partial charge in [0, 0.05) is 15.2 Å². The molecule has 2 nitrogen and oxygen atoms in total. The topological polar surface area (TPSA) is 29.1 Å². The van der Waals surface area contributed by atoms with E-state index in [1.165, 1.54) is 0 Å². The predicted octanol–water partition coefficient (Wildman–Crippen LogP) is 3.70. The van der Waals surface area contributed by atoms with Gasteiger partial charge in [-0.3, -0.25) is 4.79 Å². The minimum atomic E-state index is 0.0220. The highest BCUT2D eigenvalue weighted by Gasteiger charge is 2.20. The molecule has 0 heterocycles. The lowest BCUT2D eigenvalue weighted by molar-refractivity contribution is 0.0910. The van der Waals surface area contributed by atoms with Crippen molar-refractivity contribution in [2.75, 3.05) is 0 Å². The summed E-state index contributed by atoms with van der Waals surface area (Å²) in [6.45, 7) is 8.55. The number of carbonyl (C=O) groups excluding carboxylic acids is 1.